The monoisotopic (exact) mass is 385 g/mol. The topological polar surface area (TPSA) is 69.4 Å². The van der Waals surface area contributed by atoms with Crippen molar-refractivity contribution >= 4 is 15.7 Å². The van der Waals surface area contributed by atoms with Crippen molar-refractivity contribution in [2.75, 3.05) is 12.3 Å². The van der Waals surface area contributed by atoms with Crippen molar-refractivity contribution in [3.8, 4) is 11.5 Å². The van der Waals surface area contributed by atoms with Crippen molar-refractivity contribution in [2.24, 2.45) is 5.73 Å². The van der Waals surface area contributed by atoms with Crippen LogP contribution in [-0.2, 0) is 10.0 Å². The average Bonchev–Trinajstić information content (AvgIpc) is 2.69. The lowest BCUT2D eigenvalue weighted by molar-refractivity contribution is 0.447. The molecule has 0 amide bonds. The molecule has 0 saturated heterocycles. The molecule has 1 heterocycles. The van der Waals surface area contributed by atoms with E-state index in [9.17, 15) is 8.42 Å². The number of ether oxygens (including phenoxy) is 1. The van der Waals surface area contributed by atoms with Gasteiger partial charge in [0.2, 0.25) is 0 Å². The zero-order chi connectivity index (χ0) is 19.5. The largest absolute Gasteiger partial charge is 0.457 e. The number of benzene rings is 2. The minimum absolute atomic E-state index is 0.0172. The predicted octanol–water partition coefficient (Wildman–Crippen LogP) is 3.94. The minimum atomic E-state index is -3.52. The minimum Gasteiger partial charge on any atom is -0.457 e. The van der Waals surface area contributed by atoms with E-state index in [1.54, 1.807) is 19.2 Å². The highest BCUT2D eigenvalue weighted by atomic mass is 32.2. The SMILES string of the molecule is CCS(=O)(=O)[N+]1(c2cccc(Oc3ccccc3)c2)C=C(CN)C=CC1C. The van der Waals surface area contributed by atoms with Crippen LogP contribution in [0.5, 0.6) is 11.5 Å². The first-order valence-electron chi connectivity index (χ1n) is 8.98. The van der Waals surface area contributed by atoms with Gasteiger partial charge in [0, 0.05) is 24.3 Å². The molecule has 0 radical (unpaired) electrons. The van der Waals surface area contributed by atoms with E-state index in [0.29, 0.717) is 17.2 Å². The number of nitrogens with zero attached hydrogens (tertiary/aromatic N) is 1. The summed E-state index contributed by atoms with van der Waals surface area (Å²) in [5.41, 5.74) is 7.24. The van der Waals surface area contributed by atoms with Crippen molar-refractivity contribution in [1.29, 1.82) is 0 Å². The molecule has 0 spiro atoms. The molecule has 2 unspecified atom stereocenters. The fourth-order valence-electron chi connectivity index (χ4n) is 3.32. The molecule has 2 aromatic rings. The van der Waals surface area contributed by atoms with Crippen LogP contribution in [0, 0.1) is 0 Å². The summed E-state index contributed by atoms with van der Waals surface area (Å²) in [4.78, 5) is 0. The second kappa shape index (κ2) is 7.68. The molecular formula is C21H25N2O3S+. The first-order valence-corrected chi connectivity index (χ1v) is 10.6. The molecule has 0 saturated carbocycles. The van der Waals surface area contributed by atoms with E-state index in [2.05, 4.69) is 0 Å². The van der Waals surface area contributed by atoms with Gasteiger partial charge >= 0.3 is 10.0 Å². The number of hydrogen-bond donors (Lipinski definition) is 1. The molecule has 0 aromatic heterocycles. The lowest BCUT2D eigenvalue weighted by atomic mass is 10.1. The fraction of sp³-hybridized carbons (Fsp3) is 0.238. The summed E-state index contributed by atoms with van der Waals surface area (Å²) in [6.07, 6.45) is 5.56. The van der Waals surface area contributed by atoms with E-state index in [1.165, 1.54) is 0 Å². The predicted molar refractivity (Wildman–Crippen MR) is 110 cm³/mol. The highest BCUT2D eigenvalue weighted by Crippen LogP contribution is 2.38. The van der Waals surface area contributed by atoms with Gasteiger partial charge in [-0.05, 0) is 38.1 Å². The maximum absolute atomic E-state index is 13.2. The third-order valence-corrected chi connectivity index (χ3v) is 7.11. The van der Waals surface area contributed by atoms with Crippen molar-refractivity contribution in [3.05, 3.63) is 78.5 Å². The van der Waals surface area contributed by atoms with Crippen molar-refractivity contribution in [2.45, 2.75) is 19.9 Å². The fourth-order valence-corrected chi connectivity index (χ4v) is 5.06. The summed E-state index contributed by atoms with van der Waals surface area (Å²) >= 11 is 0. The number of para-hydroxylation sites is 1. The lowest BCUT2D eigenvalue weighted by Crippen LogP contribution is -2.56. The second-order valence-electron chi connectivity index (χ2n) is 6.50. The van der Waals surface area contributed by atoms with Gasteiger partial charge in [0.15, 0.2) is 5.69 Å². The third-order valence-electron chi connectivity index (χ3n) is 4.81. The molecule has 6 heteroatoms. The van der Waals surface area contributed by atoms with E-state index < -0.39 is 10.0 Å². The Morgan fingerprint density at radius 3 is 2.44 bits per heavy atom. The summed E-state index contributed by atoms with van der Waals surface area (Å²) < 4.78 is 32.1. The zero-order valence-corrected chi connectivity index (χ0v) is 16.4. The Morgan fingerprint density at radius 2 is 1.78 bits per heavy atom. The van der Waals surface area contributed by atoms with Gasteiger partial charge in [-0.2, -0.15) is 12.3 Å². The smallest absolute Gasteiger partial charge is 0.306 e. The number of sulfonamides is 1. The van der Waals surface area contributed by atoms with Gasteiger partial charge in [0.05, 0.1) is 5.75 Å². The molecule has 5 nitrogen and oxygen atoms in total. The van der Waals surface area contributed by atoms with Crippen LogP contribution in [0.4, 0.5) is 5.69 Å². The first-order chi connectivity index (χ1) is 12.9. The number of rotatable bonds is 6. The summed E-state index contributed by atoms with van der Waals surface area (Å²) in [6, 6.07) is 16.4. The van der Waals surface area contributed by atoms with Crippen LogP contribution < -0.4 is 14.4 Å². The van der Waals surface area contributed by atoms with Gasteiger partial charge < -0.3 is 10.5 Å². The van der Waals surface area contributed by atoms with Gasteiger partial charge in [-0.25, -0.2) is 0 Å². The standard InChI is InChI=1S/C21H25N2O3S/c1-3-27(24,25)23(16-18(15-22)13-12-17(23)2)19-8-7-11-21(14-19)26-20-9-5-4-6-10-20/h4-14,16-17H,3,15,22H2,1-2H3/q+1. The van der Waals surface area contributed by atoms with E-state index in [0.717, 1.165) is 5.57 Å². The Kier molecular flexibility index (Phi) is 5.51. The molecule has 1 aliphatic rings. The molecule has 2 aromatic carbocycles. The molecule has 0 bridgehead atoms. The molecule has 0 fully saturated rings. The highest BCUT2D eigenvalue weighted by Gasteiger charge is 2.47. The molecule has 1 aliphatic heterocycles. The second-order valence-corrected chi connectivity index (χ2v) is 8.85. The van der Waals surface area contributed by atoms with Crippen LogP contribution in [0.25, 0.3) is 0 Å². The van der Waals surface area contributed by atoms with Gasteiger partial charge in [0.1, 0.15) is 23.7 Å². The maximum atomic E-state index is 13.2. The van der Waals surface area contributed by atoms with E-state index >= 15 is 0 Å². The molecule has 2 atom stereocenters. The Morgan fingerprint density at radius 1 is 1.07 bits per heavy atom. The Balaban J connectivity index is 2.13. The number of nitrogens with two attached hydrogens (primary N) is 1. The Labute approximate surface area is 161 Å². The van der Waals surface area contributed by atoms with Crippen molar-refractivity contribution < 1.29 is 13.2 Å². The number of hydrogen-bond acceptors (Lipinski definition) is 4. The summed E-state index contributed by atoms with van der Waals surface area (Å²) in [6.45, 7) is 3.85. The molecule has 0 aliphatic carbocycles. The Bertz CT molecular complexity index is 968. The molecular weight excluding hydrogens is 360 g/mol. The van der Waals surface area contributed by atoms with Gasteiger partial charge in [0.25, 0.3) is 0 Å². The van der Waals surface area contributed by atoms with Crippen LogP contribution in [0.2, 0.25) is 0 Å². The van der Waals surface area contributed by atoms with Crippen LogP contribution in [0.3, 0.4) is 0 Å². The summed E-state index contributed by atoms with van der Waals surface area (Å²) in [7, 11) is -3.52. The van der Waals surface area contributed by atoms with Gasteiger partial charge in [-0.15, -0.1) is 0 Å². The number of quaternary nitrogens is 1. The molecule has 27 heavy (non-hydrogen) atoms. The van der Waals surface area contributed by atoms with Gasteiger partial charge in [-0.3, -0.25) is 0 Å². The highest BCUT2D eigenvalue weighted by molar-refractivity contribution is 7.91. The van der Waals surface area contributed by atoms with Crippen molar-refractivity contribution in [3.63, 3.8) is 0 Å². The maximum Gasteiger partial charge on any atom is 0.306 e. The van der Waals surface area contributed by atoms with E-state index in [1.807, 2.05) is 67.6 Å². The first kappa shape index (κ1) is 19.4. The molecule has 142 valence electrons. The zero-order valence-electron chi connectivity index (χ0n) is 15.6. The van der Waals surface area contributed by atoms with E-state index in [-0.39, 0.29) is 22.2 Å². The van der Waals surface area contributed by atoms with Crippen LogP contribution in [0.1, 0.15) is 13.8 Å². The lowest BCUT2D eigenvalue weighted by Gasteiger charge is -2.39. The van der Waals surface area contributed by atoms with Crippen molar-refractivity contribution in [1.82, 2.24) is 3.89 Å². The normalized spacial score (nSPS) is 22.3. The van der Waals surface area contributed by atoms with Crippen LogP contribution >= 0.6 is 0 Å². The summed E-state index contributed by atoms with van der Waals surface area (Å²) in [5, 5.41) is 0. The average molecular weight is 386 g/mol. The van der Waals surface area contributed by atoms with Crippen LogP contribution in [-0.4, -0.2) is 26.8 Å². The van der Waals surface area contributed by atoms with Gasteiger partial charge in [-0.1, -0.05) is 30.3 Å². The molecule has 3 rings (SSSR count). The van der Waals surface area contributed by atoms with E-state index in [4.69, 9.17) is 10.5 Å². The van der Waals surface area contributed by atoms with Crippen LogP contribution in [0.15, 0.2) is 78.5 Å². The molecule has 2 N–H and O–H groups in total. The summed E-state index contributed by atoms with van der Waals surface area (Å²) in [5.74, 6) is 1.31. The Hall–Kier alpha value is -2.41. The quantitative estimate of drug-likeness (QED) is 0.765. The third kappa shape index (κ3) is 3.56.